The summed E-state index contributed by atoms with van der Waals surface area (Å²) in [6.45, 7) is 1.52. The van der Waals surface area contributed by atoms with Crippen molar-refractivity contribution >= 4 is 27.2 Å². The van der Waals surface area contributed by atoms with E-state index in [-0.39, 0.29) is 16.6 Å². The van der Waals surface area contributed by atoms with Crippen LogP contribution in [0.5, 0.6) is 0 Å². The number of halogens is 1. The van der Waals surface area contributed by atoms with Crippen molar-refractivity contribution in [1.29, 1.82) is 0 Å². The maximum atomic E-state index is 12.7. The molecule has 0 aliphatic heterocycles. The van der Waals surface area contributed by atoms with E-state index < -0.39 is 15.2 Å². The molecule has 0 bridgehead atoms. The van der Waals surface area contributed by atoms with Crippen LogP contribution in [0.25, 0.3) is 0 Å². The molecule has 0 fully saturated rings. The Labute approximate surface area is 146 Å². The summed E-state index contributed by atoms with van der Waals surface area (Å²) < 4.78 is 25.5. The number of carbonyl (C=O) groups excluding carboxylic acids is 1. The Balaban J connectivity index is 1.85. The number of ketones is 1. The first-order valence-electron chi connectivity index (χ1n) is 7.67. The molecular formula is C18H18ClNO3S. The zero-order valence-corrected chi connectivity index (χ0v) is 14.8. The van der Waals surface area contributed by atoms with Crippen LogP contribution in [0.15, 0.2) is 47.4 Å². The van der Waals surface area contributed by atoms with Crippen LogP contribution in [0.4, 0.5) is 0 Å². The molecule has 2 unspecified atom stereocenters. The molecule has 126 valence electrons. The summed E-state index contributed by atoms with van der Waals surface area (Å²) in [4.78, 5) is 11.7. The second-order valence-electron chi connectivity index (χ2n) is 6.17. The molecule has 3 rings (SSSR count). The van der Waals surface area contributed by atoms with E-state index in [1.165, 1.54) is 19.1 Å². The van der Waals surface area contributed by atoms with Crippen LogP contribution in [-0.4, -0.2) is 19.6 Å². The summed E-state index contributed by atoms with van der Waals surface area (Å²) >= 11 is 5.82. The largest absolute Gasteiger partial charge is 0.315 e. The molecule has 2 N–H and O–H groups in total. The Morgan fingerprint density at radius 2 is 1.75 bits per heavy atom. The summed E-state index contributed by atoms with van der Waals surface area (Å²) in [6, 6.07) is 11.6. The number of rotatable bonds is 4. The molecule has 6 heteroatoms. The van der Waals surface area contributed by atoms with E-state index >= 15 is 0 Å². The highest BCUT2D eigenvalue weighted by Gasteiger charge is 2.35. The molecule has 0 saturated heterocycles. The third-order valence-electron chi connectivity index (χ3n) is 4.54. The van der Waals surface area contributed by atoms with Crippen molar-refractivity contribution in [3.05, 3.63) is 64.2 Å². The maximum absolute atomic E-state index is 12.7. The van der Waals surface area contributed by atoms with Gasteiger partial charge in [-0.1, -0.05) is 23.7 Å². The van der Waals surface area contributed by atoms with Gasteiger partial charge in [-0.3, -0.25) is 4.79 Å². The Hall–Kier alpha value is -1.69. The highest BCUT2D eigenvalue weighted by Crippen LogP contribution is 2.32. The van der Waals surface area contributed by atoms with Crippen LogP contribution in [0.1, 0.15) is 28.4 Å². The van der Waals surface area contributed by atoms with Gasteiger partial charge in [-0.05, 0) is 67.1 Å². The summed E-state index contributed by atoms with van der Waals surface area (Å²) in [5.74, 6) is -0.206. The summed E-state index contributed by atoms with van der Waals surface area (Å²) in [5, 5.41) is -0.514. The third kappa shape index (κ3) is 3.11. The fraction of sp³-hybridized carbons (Fsp3) is 0.278. The number of nitrogens with two attached hydrogens (primary N) is 1. The van der Waals surface area contributed by atoms with Gasteiger partial charge in [-0.15, -0.1) is 0 Å². The average molecular weight is 364 g/mol. The molecule has 24 heavy (non-hydrogen) atoms. The molecule has 2 atom stereocenters. The first-order valence-corrected chi connectivity index (χ1v) is 9.59. The quantitative estimate of drug-likeness (QED) is 0.847. The van der Waals surface area contributed by atoms with Gasteiger partial charge >= 0.3 is 0 Å². The molecule has 1 aliphatic carbocycles. The highest BCUT2D eigenvalue weighted by atomic mass is 35.5. The number of fused-ring (bicyclic) bond motifs is 1. The minimum atomic E-state index is -3.63. The van der Waals surface area contributed by atoms with Gasteiger partial charge in [-0.2, -0.15) is 0 Å². The molecule has 0 amide bonds. The number of carbonyl (C=O) groups is 1. The van der Waals surface area contributed by atoms with Gasteiger partial charge in [0.15, 0.2) is 15.6 Å². The predicted molar refractivity (Wildman–Crippen MR) is 94.0 cm³/mol. The van der Waals surface area contributed by atoms with Gasteiger partial charge in [-0.25, -0.2) is 8.42 Å². The predicted octanol–water partition coefficient (Wildman–Crippen LogP) is 3.02. The number of Topliss-reactive ketones (excluding diaryl/α,β-unsaturated/α-hetero) is 1. The molecule has 4 nitrogen and oxygen atoms in total. The minimum absolute atomic E-state index is 0.000616. The second-order valence-corrected chi connectivity index (χ2v) is 8.71. The van der Waals surface area contributed by atoms with Gasteiger partial charge in [0.2, 0.25) is 0 Å². The second kappa shape index (κ2) is 6.31. The van der Waals surface area contributed by atoms with E-state index in [0.717, 1.165) is 11.1 Å². The Morgan fingerprint density at radius 3 is 2.38 bits per heavy atom. The SMILES string of the molecule is CC(=O)c1ccc2c(c1)CC(C(N)S(=O)(=O)c1ccc(Cl)cc1)C2. The maximum Gasteiger partial charge on any atom is 0.194 e. The number of sulfone groups is 1. The fourth-order valence-corrected chi connectivity index (χ4v) is 4.79. The number of hydrogen-bond acceptors (Lipinski definition) is 4. The van der Waals surface area contributed by atoms with Crippen molar-refractivity contribution in [3.63, 3.8) is 0 Å². The Morgan fingerprint density at radius 1 is 1.12 bits per heavy atom. The smallest absolute Gasteiger partial charge is 0.194 e. The van der Waals surface area contributed by atoms with E-state index in [1.54, 1.807) is 18.2 Å². The molecule has 0 aromatic heterocycles. The van der Waals surface area contributed by atoms with Gasteiger partial charge in [0, 0.05) is 10.6 Å². The van der Waals surface area contributed by atoms with Crippen molar-refractivity contribution in [2.24, 2.45) is 11.7 Å². The molecular weight excluding hydrogens is 346 g/mol. The van der Waals surface area contributed by atoms with Gasteiger partial charge in [0.25, 0.3) is 0 Å². The summed E-state index contributed by atoms with van der Waals surface area (Å²) in [5.41, 5.74) is 8.83. The number of hydrogen-bond donors (Lipinski definition) is 1. The van der Waals surface area contributed by atoms with E-state index in [4.69, 9.17) is 17.3 Å². The van der Waals surface area contributed by atoms with Crippen molar-refractivity contribution in [1.82, 2.24) is 0 Å². The van der Waals surface area contributed by atoms with Crippen LogP contribution in [-0.2, 0) is 22.7 Å². The van der Waals surface area contributed by atoms with Crippen molar-refractivity contribution < 1.29 is 13.2 Å². The molecule has 2 aromatic rings. The van der Waals surface area contributed by atoms with Crippen LogP contribution >= 0.6 is 11.6 Å². The fourth-order valence-electron chi connectivity index (χ4n) is 3.14. The van der Waals surface area contributed by atoms with E-state index in [0.29, 0.717) is 23.4 Å². The molecule has 2 aromatic carbocycles. The normalized spacial score (nSPS) is 18.2. The third-order valence-corrected chi connectivity index (χ3v) is 6.82. The molecule has 0 saturated carbocycles. The lowest BCUT2D eigenvalue weighted by atomic mass is 10.0. The van der Waals surface area contributed by atoms with Crippen molar-refractivity contribution in [3.8, 4) is 0 Å². The van der Waals surface area contributed by atoms with Crippen LogP contribution < -0.4 is 5.73 Å². The lowest BCUT2D eigenvalue weighted by molar-refractivity contribution is 0.101. The first-order chi connectivity index (χ1) is 11.3. The van der Waals surface area contributed by atoms with E-state index in [9.17, 15) is 13.2 Å². The molecule has 0 radical (unpaired) electrons. The lowest BCUT2D eigenvalue weighted by Gasteiger charge is -2.19. The summed E-state index contributed by atoms with van der Waals surface area (Å²) in [7, 11) is -3.63. The molecule has 0 spiro atoms. The standard InChI is InChI=1S/C18H18ClNO3S/c1-11(21)12-2-3-13-9-15(10-14(13)8-12)18(20)24(22,23)17-6-4-16(19)5-7-17/h2-8,15,18H,9-10,20H2,1H3. The Bertz CT molecular complexity index is 891. The lowest BCUT2D eigenvalue weighted by Crippen LogP contribution is -2.38. The zero-order chi connectivity index (χ0) is 17.5. The molecule has 0 heterocycles. The zero-order valence-electron chi connectivity index (χ0n) is 13.2. The van der Waals surface area contributed by atoms with Gasteiger partial charge < -0.3 is 5.73 Å². The first kappa shape index (κ1) is 17.1. The van der Waals surface area contributed by atoms with E-state index in [1.807, 2.05) is 12.1 Å². The monoisotopic (exact) mass is 363 g/mol. The molecule has 1 aliphatic rings. The number of benzene rings is 2. The Kier molecular flexibility index (Phi) is 4.51. The van der Waals surface area contributed by atoms with Crippen LogP contribution in [0.2, 0.25) is 5.02 Å². The summed E-state index contributed by atoms with van der Waals surface area (Å²) in [6.07, 6.45) is 1.16. The van der Waals surface area contributed by atoms with Crippen molar-refractivity contribution in [2.45, 2.75) is 30.0 Å². The van der Waals surface area contributed by atoms with Gasteiger partial charge in [0.1, 0.15) is 5.37 Å². The van der Waals surface area contributed by atoms with Crippen LogP contribution in [0.3, 0.4) is 0 Å². The van der Waals surface area contributed by atoms with Crippen LogP contribution in [0, 0.1) is 5.92 Å². The average Bonchev–Trinajstić information content (AvgIpc) is 2.97. The van der Waals surface area contributed by atoms with E-state index in [2.05, 4.69) is 0 Å². The van der Waals surface area contributed by atoms with Crippen molar-refractivity contribution in [2.75, 3.05) is 0 Å². The minimum Gasteiger partial charge on any atom is -0.315 e. The van der Waals surface area contributed by atoms with Gasteiger partial charge in [0.05, 0.1) is 4.90 Å². The topological polar surface area (TPSA) is 77.2 Å². The highest BCUT2D eigenvalue weighted by molar-refractivity contribution is 7.92.